The van der Waals surface area contributed by atoms with E-state index in [4.69, 9.17) is 9.57 Å². The Bertz CT molecular complexity index is 843. The van der Waals surface area contributed by atoms with E-state index in [-0.39, 0.29) is 23.8 Å². The number of benzene rings is 2. The molecule has 0 aliphatic heterocycles. The number of hydrogen-bond acceptors (Lipinski definition) is 5. The van der Waals surface area contributed by atoms with Gasteiger partial charge >= 0.3 is 11.9 Å². The van der Waals surface area contributed by atoms with Gasteiger partial charge in [-0.05, 0) is 55.5 Å². The Morgan fingerprint density at radius 3 is 2.39 bits per heavy atom. The van der Waals surface area contributed by atoms with Crippen LogP contribution < -0.4 is 0 Å². The summed E-state index contributed by atoms with van der Waals surface area (Å²) in [4.78, 5) is 29.3. The van der Waals surface area contributed by atoms with Crippen LogP contribution in [0.3, 0.4) is 0 Å². The molecule has 0 N–H and O–H groups in total. The van der Waals surface area contributed by atoms with Crippen LogP contribution in [-0.4, -0.2) is 24.3 Å². The van der Waals surface area contributed by atoms with Crippen molar-refractivity contribution in [1.29, 1.82) is 0 Å². The fourth-order valence-corrected chi connectivity index (χ4v) is 3.00. The molecule has 150 valence electrons. The largest absolute Gasteiger partial charge is 0.466 e. The van der Waals surface area contributed by atoms with E-state index >= 15 is 0 Å². The Labute approximate surface area is 166 Å². The lowest BCUT2D eigenvalue weighted by Crippen LogP contribution is -2.20. The number of hydrogen-bond donors (Lipinski definition) is 0. The smallest absolute Gasteiger partial charge is 0.338 e. The monoisotopic (exact) mass is 383 g/mol. The molecule has 0 aromatic heterocycles. The van der Waals surface area contributed by atoms with E-state index in [1.807, 2.05) is 57.2 Å². The van der Waals surface area contributed by atoms with Crippen molar-refractivity contribution in [1.82, 2.24) is 0 Å². The lowest BCUT2D eigenvalue weighted by atomic mass is 9.95. The van der Waals surface area contributed by atoms with Crippen LogP contribution in [0.4, 0.5) is 0 Å². The maximum atomic E-state index is 12.4. The van der Waals surface area contributed by atoms with E-state index in [0.717, 1.165) is 16.3 Å². The minimum Gasteiger partial charge on any atom is -0.466 e. The fourth-order valence-electron chi connectivity index (χ4n) is 3.00. The number of rotatable bonds is 9. The summed E-state index contributed by atoms with van der Waals surface area (Å²) < 4.78 is 5.01. The average molecular weight is 383 g/mol. The van der Waals surface area contributed by atoms with Gasteiger partial charge in [-0.1, -0.05) is 55.4 Å². The SMILES string of the molecule is CCOC(=O)C(C)CCC(CC)C(=O)ON=C(C)c1ccc2ccccc2c1. The molecule has 2 atom stereocenters. The summed E-state index contributed by atoms with van der Waals surface area (Å²) in [6.07, 6.45) is 1.79. The van der Waals surface area contributed by atoms with Crippen LogP contribution in [0.1, 0.15) is 52.5 Å². The first kappa shape index (κ1) is 21.6. The van der Waals surface area contributed by atoms with Gasteiger partial charge in [-0.2, -0.15) is 0 Å². The van der Waals surface area contributed by atoms with E-state index in [9.17, 15) is 9.59 Å². The summed E-state index contributed by atoms with van der Waals surface area (Å²) in [5, 5.41) is 6.30. The fraction of sp³-hybridized carbons (Fsp3) is 0.435. The average Bonchev–Trinajstić information content (AvgIpc) is 2.71. The van der Waals surface area contributed by atoms with Crippen molar-refractivity contribution in [2.24, 2.45) is 17.0 Å². The Balaban J connectivity index is 1.96. The first-order valence-electron chi connectivity index (χ1n) is 9.87. The van der Waals surface area contributed by atoms with Gasteiger partial charge in [-0.3, -0.25) is 4.79 Å². The van der Waals surface area contributed by atoms with Gasteiger partial charge in [0, 0.05) is 0 Å². The van der Waals surface area contributed by atoms with Gasteiger partial charge in [0.2, 0.25) is 0 Å². The molecule has 0 saturated heterocycles. The zero-order chi connectivity index (χ0) is 20.5. The van der Waals surface area contributed by atoms with Crippen molar-refractivity contribution in [3.8, 4) is 0 Å². The summed E-state index contributed by atoms with van der Waals surface area (Å²) in [5.41, 5.74) is 1.56. The van der Waals surface area contributed by atoms with Gasteiger partial charge in [0.15, 0.2) is 0 Å². The van der Waals surface area contributed by atoms with E-state index in [1.165, 1.54) is 0 Å². The molecule has 2 aromatic carbocycles. The molecule has 0 radical (unpaired) electrons. The second kappa shape index (κ2) is 10.6. The Morgan fingerprint density at radius 2 is 1.71 bits per heavy atom. The molecule has 5 heteroatoms. The molecule has 0 aliphatic rings. The number of carbonyl (C=O) groups is 2. The zero-order valence-electron chi connectivity index (χ0n) is 17.1. The first-order chi connectivity index (χ1) is 13.5. The molecule has 0 saturated carbocycles. The van der Waals surface area contributed by atoms with E-state index < -0.39 is 0 Å². The molecule has 0 heterocycles. The van der Waals surface area contributed by atoms with Gasteiger partial charge in [0.05, 0.1) is 24.2 Å². The summed E-state index contributed by atoms with van der Waals surface area (Å²) in [7, 11) is 0. The minimum absolute atomic E-state index is 0.226. The molecule has 0 spiro atoms. The predicted molar refractivity (Wildman–Crippen MR) is 111 cm³/mol. The van der Waals surface area contributed by atoms with E-state index in [0.29, 0.717) is 31.6 Å². The summed E-state index contributed by atoms with van der Waals surface area (Å²) in [6.45, 7) is 7.72. The Hall–Kier alpha value is -2.69. The highest BCUT2D eigenvalue weighted by atomic mass is 16.7. The van der Waals surface area contributed by atoms with Crippen molar-refractivity contribution in [3.63, 3.8) is 0 Å². The molecule has 0 amide bonds. The van der Waals surface area contributed by atoms with Crippen LogP contribution in [0.25, 0.3) is 10.8 Å². The standard InChI is InChI=1S/C23H29NO4/c1-5-18(12-11-16(3)22(25)27-6-2)23(26)28-24-17(4)20-14-13-19-9-7-8-10-21(19)15-20/h7-10,13-16,18H,5-6,11-12H2,1-4H3. The highest BCUT2D eigenvalue weighted by Crippen LogP contribution is 2.19. The van der Waals surface area contributed by atoms with Crippen molar-refractivity contribution in [2.45, 2.75) is 47.0 Å². The van der Waals surface area contributed by atoms with E-state index in [1.54, 1.807) is 6.92 Å². The normalized spacial score (nSPS) is 13.8. The predicted octanol–water partition coefficient (Wildman–Crippen LogP) is 5.11. The van der Waals surface area contributed by atoms with Crippen molar-refractivity contribution in [2.75, 3.05) is 6.61 Å². The molecular formula is C23H29NO4. The van der Waals surface area contributed by atoms with Gasteiger partial charge in [0.1, 0.15) is 0 Å². The second-order valence-electron chi connectivity index (χ2n) is 6.98. The molecular weight excluding hydrogens is 354 g/mol. The molecule has 2 rings (SSSR count). The second-order valence-corrected chi connectivity index (χ2v) is 6.98. The van der Waals surface area contributed by atoms with Crippen LogP contribution >= 0.6 is 0 Å². The number of fused-ring (bicyclic) bond motifs is 1. The quantitative estimate of drug-likeness (QED) is 0.261. The summed E-state index contributed by atoms with van der Waals surface area (Å²) in [6, 6.07) is 14.1. The number of nitrogens with zero attached hydrogens (tertiary/aromatic N) is 1. The van der Waals surface area contributed by atoms with Crippen molar-refractivity contribution >= 4 is 28.4 Å². The van der Waals surface area contributed by atoms with Crippen LogP contribution in [-0.2, 0) is 19.2 Å². The highest BCUT2D eigenvalue weighted by molar-refractivity contribution is 6.01. The third-order valence-corrected chi connectivity index (χ3v) is 4.90. The molecule has 28 heavy (non-hydrogen) atoms. The van der Waals surface area contributed by atoms with Gasteiger partial charge in [-0.25, -0.2) is 4.79 Å². The topological polar surface area (TPSA) is 65.0 Å². The molecule has 2 aromatic rings. The number of ether oxygens (including phenoxy) is 1. The Morgan fingerprint density at radius 1 is 1.00 bits per heavy atom. The highest BCUT2D eigenvalue weighted by Gasteiger charge is 2.22. The lowest BCUT2D eigenvalue weighted by Gasteiger charge is -2.15. The lowest BCUT2D eigenvalue weighted by molar-refractivity contribution is -0.151. The number of oxime groups is 1. The van der Waals surface area contributed by atoms with Crippen molar-refractivity contribution < 1.29 is 19.2 Å². The van der Waals surface area contributed by atoms with Gasteiger partial charge < -0.3 is 9.57 Å². The van der Waals surface area contributed by atoms with Crippen molar-refractivity contribution in [3.05, 3.63) is 48.0 Å². The van der Waals surface area contributed by atoms with Crippen LogP contribution in [0.2, 0.25) is 0 Å². The summed E-state index contributed by atoms with van der Waals surface area (Å²) in [5.74, 6) is -1.11. The maximum absolute atomic E-state index is 12.4. The third-order valence-electron chi connectivity index (χ3n) is 4.90. The summed E-state index contributed by atoms with van der Waals surface area (Å²) >= 11 is 0. The number of esters is 1. The Kier molecular flexibility index (Phi) is 8.18. The molecule has 0 aliphatic carbocycles. The maximum Gasteiger partial charge on any atom is 0.338 e. The molecule has 5 nitrogen and oxygen atoms in total. The third kappa shape index (κ3) is 5.91. The first-order valence-corrected chi connectivity index (χ1v) is 9.87. The number of carbonyl (C=O) groups excluding carboxylic acids is 2. The minimum atomic E-state index is -0.362. The molecule has 0 fully saturated rings. The van der Waals surface area contributed by atoms with Crippen LogP contribution in [0.5, 0.6) is 0 Å². The van der Waals surface area contributed by atoms with Crippen LogP contribution in [0, 0.1) is 11.8 Å². The molecule has 0 bridgehead atoms. The van der Waals surface area contributed by atoms with Gasteiger partial charge in [0.25, 0.3) is 0 Å². The van der Waals surface area contributed by atoms with Crippen LogP contribution in [0.15, 0.2) is 47.6 Å². The molecule has 2 unspecified atom stereocenters. The van der Waals surface area contributed by atoms with E-state index in [2.05, 4.69) is 11.2 Å². The zero-order valence-corrected chi connectivity index (χ0v) is 17.1. The van der Waals surface area contributed by atoms with Gasteiger partial charge in [-0.15, -0.1) is 0 Å².